The van der Waals surface area contributed by atoms with Crippen LogP contribution < -0.4 is 5.56 Å². The highest BCUT2D eigenvalue weighted by Crippen LogP contribution is 2.24. The Morgan fingerprint density at radius 1 is 1.41 bits per heavy atom. The van der Waals surface area contributed by atoms with E-state index in [9.17, 15) is 9.59 Å². The summed E-state index contributed by atoms with van der Waals surface area (Å²) in [5, 5.41) is 3.12. The van der Waals surface area contributed by atoms with Gasteiger partial charge < -0.3 is 4.90 Å². The Bertz CT molecular complexity index is 816. The third kappa shape index (κ3) is 2.05. The highest BCUT2D eigenvalue weighted by molar-refractivity contribution is 5.97. The van der Waals surface area contributed by atoms with E-state index < -0.39 is 0 Å². The second kappa shape index (κ2) is 4.69. The number of H-pyrrole nitrogens is 1. The Labute approximate surface area is 130 Å². The quantitative estimate of drug-likeness (QED) is 0.925. The van der Waals surface area contributed by atoms with E-state index in [1.165, 1.54) is 4.52 Å². The van der Waals surface area contributed by atoms with E-state index in [-0.39, 0.29) is 24.3 Å². The first-order valence-electron chi connectivity index (χ1n) is 7.70. The summed E-state index contributed by atoms with van der Waals surface area (Å²) >= 11 is 0. The number of hydrogen-bond acceptors (Lipinski definition) is 3. The number of rotatable bonds is 2. The van der Waals surface area contributed by atoms with Gasteiger partial charge in [-0.2, -0.15) is 0 Å². The largest absolute Gasteiger partial charge is 0.330 e. The number of carbonyl (C=O) groups excluding carboxylic acids is 1. The van der Waals surface area contributed by atoms with Crippen LogP contribution >= 0.6 is 0 Å². The molecule has 6 heteroatoms. The normalized spacial score (nSPS) is 16.4. The predicted octanol–water partition coefficient (Wildman–Crippen LogP) is 2.32. The molecule has 1 unspecified atom stereocenters. The molecule has 1 aliphatic heterocycles. The lowest BCUT2D eigenvalue weighted by Crippen LogP contribution is -2.33. The molecule has 120 valence electrons. The lowest BCUT2D eigenvalue weighted by molar-refractivity contribution is 0.0709. The molecule has 6 nitrogen and oxygen atoms in total. The zero-order valence-electron chi connectivity index (χ0n) is 13.7. The number of aromatic nitrogens is 3. The molecule has 0 fully saturated rings. The van der Waals surface area contributed by atoms with Crippen molar-refractivity contribution in [1.29, 1.82) is 0 Å². The molecule has 2 aromatic heterocycles. The van der Waals surface area contributed by atoms with Crippen LogP contribution in [0.25, 0.3) is 5.65 Å². The van der Waals surface area contributed by atoms with Crippen LogP contribution in [0.2, 0.25) is 0 Å². The molecule has 1 atom stereocenters. The van der Waals surface area contributed by atoms with Crippen molar-refractivity contribution in [1.82, 2.24) is 19.5 Å². The predicted molar refractivity (Wildman–Crippen MR) is 86.3 cm³/mol. The molecule has 1 aliphatic rings. The van der Waals surface area contributed by atoms with Crippen LogP contribution in [0, 0.1) is 0 Å². The molecule has 0 radical (unpaired) electrons. The number of carbonyl (C=O) groups is 1. The summed E-state index contributed by atoms with van der Waals surface area (Å²) in [6, 6.07) is 1.95. The van der Waals surface area contributed by atoms with Gasteiger partial charge in [-0.1, -0.05) is 27.7 Å². The van der Waals surface area contributed by atoms with Crippen LogP contribution in [0.15, 0.2) is 10.9 Å². The van der Waals surface area contributed by atoms with E-state index in [1.54, 1.807) is 4.90 Å². The molecule has 22 heavy (non-hydrogen) atoms. The van der Waals surface area contributed by atoms with E-state index in [2.05, 4.69) is 30.9 Å². The molecular weight excluding hydrogens is 280 g/mol. The van der Waals surface area contributed by atoms with Crippen molar-refractivity contribution in [3.8, 4) is 0 Å². The van der Waals surface area contributed by atoms with Crippen molar-refractivity contribution >= 4 is 11.6 Å². The third-order valence-electron chi connectivity index (χ3n) is 4.43. The summed E-state index contributed by atoms with van der Waals surface area (Å²) in [5.74, 6) is -0.137. The summed E-state index contributed by atoms with van der Waals surface area (Å²) in [6.07, 6.45) is 0.854. The van der Waals surface area contributed by atoms with Crippen LogP contribution in [0.5, 0.6) is 0 Å². The monoisotopic (exact) mass is 304 g/mol. The summed E-state index contributed by atoms with van der Waals surface area (Å²) in [5.41, 5.74) is 1.95. The van der Waals surface area contributed by atoms with Crippen LogP contribution in [-0.2, 0) is 12.0 Å². The zero-order chi connectivity index (χ0) is 16.2. The summed E-state index contributed by atoms with van der Waals surface area (Å²) in [4.78, 5) is 31.3. The Morgan fingerprint density at radius 3 is 2.68 bits per heavy atom. The Kier molecular flexibility index (Phi) is 3.16. The van der Waals surface area contributed by atoms with Gasteiger partial charge in [0.15, 0.2) is 5.65 Å². The molecule has 0 spiro atoms. The van der Waals surface area contributed by atoms with E-state index in [0.29, 0.717) is 23.4 Å². The molecule has 1 N–H and O–H groups in total. The number of nitrogens with one attached hydrogen (secondary N) is 1. The van der Waals surface area contributed by atoms with Crippen molar-refractivity contribution < 1.29 is 6.22 Å². The fourth-order valence-electron chi connectivity index (χ4n) is 2.72. The second-order valence-electron chi connectivity index (χ2n) is 7.05. The molecule has 0 aliphatic carbocycles. The molecule has 2 aromatic rings. The smallest absolute Gasteiger partial charge is 0.278 e. The molecular formula is C16H24N4O2. The maximum Gasteiger partial charge on any atom is 0.278 e. The van der Waals surface area contributed by atoms with Gasteiger partial charge in [0.05, 0.1) is 12.1 Å². The Balaban J connectivity index is 0.00000192. The SMILES string of the molecule is CCC(C)N1Cc2c(nc3cc(C(C)(C)C)[nH]n3c2=O)C1=O.[HH]. The lowest BCUT2D eigenvalue weighted by Gasteiger charge is -2.22. The molecule has 3 rings (SSSR count). The van der Waals surface area contributed by atoms with Gasteiger partial charge in [-0.15, -0.1) is 0 Å². The minimum atomic E-state index is -0.172. The zero-order valence-corrected chi connectivity index (χ0v) is 13.7. The number of aromatic amines is 1. The highest BCUT2D eigenvalue weighted by Gasteiger charge is 2.35. The summed E-state index contributed by atoms with van der Waals surface area (Å²) < 4.78 is 1.45. The first-order valence-corrected chi connectivity index (χ1v) is 7.70. The maximum atomic E-state index is 12.7. The number of nitrogens with zero attached hydrogens (tertiary/aromatic N) is 3. The van der Waals surface area contributed by atoms with Gasteiger partial charge in [-0.3, -0.25) is 14.7 Å². The standard InChI is InChI=1S/C16H22N4O2.H2/c1-6-9(2)19-8-10-13(15(19)22)17-12-7-11(16(3,4)5)18-20(12)14(10)21;/h7,9,18H,6,8H2,1-5H3;1H. The van der Waals surface area contributed by atoms with E-state index in [4.69, 9.17) is 0 Å². The fourth-order valence-corrected chi connectivity index (χ4v) is 2.72. The minimum absolute atomic E-state index is 0. The number of hydrogen-bond donors (Lipinski definition) is 1. The average molecular weight is 304 g/mol. The van der Waals surface area contributed by atoms with Gasteiger partial charge in [0.25, 0.3) is 11.5 Å². The minimum Gasteiger partial charge on any atom is -0.330 e. The van der Waals surface area contributed by atoms with Crippen molar-refractivity contribution in [2.24, 2.45) is 0 Å². The van der Waals surface area contributed by atoms with Gasteiger partial charge in [0.2, 0.25) is 0 Å². The molecule has 0 saturated carbocycles. The second-order valence-corrected chi connectivity index (χ2v) is 7.05. The Morgan fingerprint density at radius 2 is 2.09 bits per heavy atom. The average Bonchev–Trinajstić information content (AvgIpc) is 3.01. The van der Waals surface area contributed by atoms with Crippen molar-refractivity contribution in [2.45, 2.75) is 59.0 Å². The highest BCUT2D eigenvalue weighted by atomic mass is 16.2. The fraction of sp³-hybridized carbons (Fsp3) is 0.562. The van der Waals surface area contributed by atoms with Crippen LogP contribution in [0.3, 0.4) is 0 Å². The molecule has 3 heterocycles. The van der Waals surface area contributed by atoms with Crippen molar-refractivity contribution in [3.63, 3.8) is 0 Å². The topological polar surface area (TPSA) is 70.5 Å². The third-order valence-corrected chi connectivity index (χ3v) is 4.43. The summed E-state index contributed by atoms with van der Waals surface area (Å²) in [6.45, 7) is 10.6. The Hall–Kier alpha value is -2.11. The number of fused-ring (bicyclic) bond motifs is 2. The van der Waals surface area contributed by atoms with Gasteiger partial charge in [0.1, 0.15) is 5.69 Å². The summed E-state index contributed by atoms with van der Waals surface area (Å²) in [7, 11) is 0. The van der Waals surface area contributed by atoms with Crippen LogP contribution in [0.4, 0.5) is 0 Å². The first kappa shape index (κ1) is 14.8. The molecule has 0 bridgehead atoms. The molecule has 0 saturated heterocycles. The maximum absolute atomic E-state index is 12.7. The van der Waals surface area contributed by atoms with Gasteiger partial charge in [-0.05, 0) is 13.3 Å². The molecule has 0 aromatic carbocycles. The number of amides is 1. The van der Waals surface area contributed by atoms with Gasteiger partial charge in [-0.25, -0.2) is 9.50 Å². The lowest BCUT2D eigenvalue weighted by atomic mass is 9.93. The molecule has 1 amide bonds. The van der Waals surface area contributed by atoms with Crippen LogP contribution in [-0.4, -0.2) is 31.4 Å². The van der Waals surface area contributed by atoms with Gasteiger partial charge in [0, 0.05) is 24.6 Å². The first-order chi connectivity index (χ1) is 10.2. The van der Waals surface area contributed by atoms with Gasteiger partial charge >= 0.3 is 0 Å². The van der Waals surface area contributed by atoms with Crippen molar-refractivity contribution in [2.75, 3.05) is 0 Å². The van der Waals surface area contributed by atoms with E-state index in [0.717, 1.165) is 12.1 Å². The van der Waals surface area contributed by atoms with E-state index in [1.807, 2.05) is 19.9 Å². The van der Waals surface area contributed by atoms with E-state index >= 15 is 0 Å². The van der Waals surface area contributed by atoms with Crippen LogP contribution in [0.1, 0.15) is 64.2 Å². The van der Waals surface area contributed by atoms with Crippen molar-refractivity contribution in [3.05, 3.63) is 33.4 Å².